The van der Waals surface area contributed by atoms with Gasteiger partial charge in [-0.05, 0) is 20.3 Å². The summed E-state index contributed by atoms with van der Waals surface area (Å²) >= 11 is 0. The summed E-state index contributed by atoms with van der Waals surface area (Å²) in [5, 5.41) is 0. The van der Waals surface area contributed by atoms with Crippen LogP contribution in [0.1, 0.15) is 13.3 Å². The van der Waals surface area contributed by atoms with E-state index in [9.17, 15) is 13.2 Å². The molecular weight excluding hydrogens is 141 g/mol. The highest BCUT2D eigenvalue weighted by molar-refractivity contribution is 4.84. The van der Waals surface area contributed by atoms with E-state index in [0.29, 0.717) is 0 Å². The van der Waals surface area contributed by atoms with Crippen molar-refractivity contribution < 1.29 is 13.2 Å². The summed E-state index contributed by atoms with van der Waals surface area (Å²) in [4.78, 5) is 0. The van der Waals surface area contributed by atoms with Crippen molar-refractivity contribution in [2.75, 3.05) is 0 Å². The molecule has 0 aliphatic heterocycles. The van der Waals surface area contributed by atoms with Gasteiger partial charge in [0.1, 0.15) is 0 Å². The van der Waals surface area contributed by atoms with E-state index in [1.165, 1.54) is 0 Å². The zero-order chi connectivity index (χ0) is 8.36. The third-order valence-electron chi connectivity index (χ3n) is 1.42. The van der Waals surface area contributed by atoms with Gasteiger partial charge < -0.3 is 0 Å². The topological polar surface area (TPSA) is 0 Å². The molecule has 0 nitrogen and oxygen atoms in total. The van der Waals surface area contributed by atoms with Crippen molar-refractivity contribution in [3.63, 3.8) is 0 Å². The fourth-order valence-corrected chi connectivity index (χ4v) is 0.517. The molecule has 0 rings (SSSR count). The van der Waals surface area contributed by atoms with Gasteiger partial charge in [-0.3, -0.25) is 0 Å². The van der Waals surface area contributed by atoms with Crippen molar-refractivity contribution in [2.45, 2.75) is 25.4 Å². The van der Waals surface area contributed by atoms with Crippen LogP contribution < -0.4 is 0 Å². The van der Waals surface area contributed by atoms with Crippen LogP contribution in [0.5, 0.6) is 0 Å². The van der Waals surface area contributed by atoms with Gasteiger partial charge in [-0.15, -0.1) is 0 Å². The minimum absolute atomic E-state index is 0.0543. The number of rotatable bonds is 3. The summed E-state index contributed by atoms with van der Waals surface area (Å²) in [6.07, 6.45) is -2.20. The van der Waals surface area contributed by atoms with Gasteiger partial charge in [0.05, 0.1) is 0 Å². The summed E-state index contributed by atoms with van der Waals surface area (Å²) in [7, 11) is 0. The molecule has 10 heavy (non-hydrogen) atoms. The van der Waals surface area contributed by atoms with Crippen LogP contribution in [0.4, 0.5) is 13.2 Å². The smallest absolute Gasteiger partial charge is 0.241 e. The Hall–Kier alpha value is -0.210. The van der Waals surface area contributed by atoms with Gasteiger partial charge in [0.25, 0.3) is 5.92 Å². The number of halogens is 3. The van der Waals surface area contributed by atoms with E-state index in [-0.39, 0.29) is 6.42 Å². The van der Waals surface area contributed by atoms with E-state index >= 15 is 0 Å². The van der Waals surface area contributed by atoms with E-state index in [0.717, 1.165) is 6.92 Å². The molecule has 0 aromatic carbocycles. The van der Waals surface area contributed by atoms with Crippen LogP contribution in [-0.4, -0.2) is 12.1 Å². The Balaban J connectivity index is 4.09. The van der Waals surface area contributed by atoms with Crippen LogP contribution >= 0.6 is 0 Å². The zero-order valence-electron chi connectivity index (χ0n) is 5.91. The van der Waals surface area contributed by atoms with E-state index < -0.39 is 18.0 Å². The van der Waals surface area contributed by atoms with Crippen molar-refractivity contribution in [3.8, 4) is 0 Å². The number of hydrogen-bond acceptors (Lipinski definition) is 0. The molecular formula is C7H11F3. The molecule has 0 amide bonds. The highest BCUT2D eigenvalue weighted by Crippen LogP contribution is 2.31. The quantitative estimate of drug-likeness (QED) is 0.583. The average molecular weight is 152 g/mol. The lowest BCUT2D eigenvalue weighted by molar-refractivity contribution is -0.0982. The van der Waals surface area contributed by atoms with Gasteiger partial charge in [-0.2, -0.15) is 0 Å². The second-order valence-electron chi connectivity index (χ2n) is 2.28. The second kappa shape index (κ2) is 3.26. The minimum Gasteiger partial charge on any atom is -0.241 e. The molecule has 0 fully saturated rings. The van der Waals surface area contributed by atoms with Crippen LogP contribution in [0, 0.1) is 19.8 Å². The van der Waals surface area contributed by atoms with Crippen LogP contribution in [-0.2, 0) is 0 Å². The molecule has 0 saturated carbocycles. The van der Waals surface area contributed by atoms with E-state index in [2.05, 4.69) is 13.8 Å². The maximum Gasteiger partial charge on any atom is 0.281 e. The largest absolute Gasteiger partial charge is 0.281 e. The SMILES string of the molecule is [CH2]CC([CH2])C(F)(F)C(C)F. The Bertz CT molecular complexity index is 99.0. The monoisotopic (exact) mass is 152 g/mol. The summed E-state index contributed by atoms with van der Waals surface area (Å²) in [5.41, 5.74) is 0. The number of alkyl halides is 3. The lowest BCUT2D eigenvalue weighted by Crippen LogP contribution is -2.34. The molecule has 60 valence electrons. The average Bonchev–Trinajstić information content (AvgIpc) is 1.86. The molecule has 2 unspecified atom stereocenters. The molecule has 0 bridgehead atoms. The predicted octanol–water partition coefficient (Wildman–Crippen LogP) is 2.65. The standard InChI is InChI=1S/C7H11F3/c1-4-5(2)7(9,10)6(3)8/h5-6H,1-2,4H2,3H3. The van der Waals surface area contributed by atoms with Gasteiger partial charge in [0, 0.05) is 5.92 Å². The predicted molar refractivity (Wildman–Crippen MR) is 34.3 cm³/mol. The van der Waals surface area contributed by atoms with Crippen molar-refractivity contribution in [2.24, 2.45) is 5.92 Å². The van der Waals surface area contributed by atoms with Gasteiger partial charge in [0.15, 0.2) is 6.17 Å². The van der Waals surface area contributed by atoms with Crippen LogP contribution in [0.15, 0.2) is 0 Å². The molecule has 0 aromatic rings. The molecule has 2 radical (unpaired) electrons. The minimum atomic E-state index is -3.33. The van der Waals surface area contributed by atoms with E-state index in [1.54, 1.807) is 0 Å². The molecule has 3 heteroatoms. The molecule has 0 saturated heterocycles. The molecule has 0 heterocycles. The van der Waals surface area contributed by atoms with Gasteiger partial charge >= 0.3 is 0 Å². The first-order valence-electron chi connectivity index (χ1n) is 3.07. The fourth-order valence-electron chi connectivity index (χ4n) is 0.517. The first kappa shape index (κ1) is 9.79. The lowest BCUT2D eigenvalue weighted by atomic mass is 9.98. The van der Waals surface area contributed by atoms with Crippen molar-refractivity contribution in [1.82, 2.24) is 0 Å². The Kier molecular flexibility index (Phi) is 3.19. The lowest BCUT2D eigenvalue weighted by Gasteiger charge is -2.23. The summed E-state index contributed by atoms with van der Waals surface area (Å²) < 4.78 is 37.0. The fraction of sp³-hybridized carbons (Fsp3) is 0.714. The Labute approximate surface area is 59.4 Å². The second-order valence-corrected chi connectivity index (χ2v) is 2.28. The van der Waals surface area contributed by atoms with Gasteiger partial charge in [-0.1, -0.05) is 6.92 Å². The van der Waals surface area contributed by atoms with Crippen molar-refractivity contribution in [3.05, 3.63) is 13.8 Å². The molecule has 0 spiro atoms. The third kappa shape index (κ3) is 1.89. The molecule has 0 aliphatic carbocycles. The Morgan fingerprint density at radius 2 is 1.90 bits per heavy atom. The third-order valence-corrected chi connectivity index (χ3v) is 1.42. The van der Waals surface area contributed by atoms with E-state index in [1.807, 2.05) is 0 Å². The highest BCUT2D eigenvalue weighted by atomic mass is 19.3. The van der Waals surface area contributed by atoms with E-state index in [4.69, 9.17) is 0 Å². The van der Waals surface area contributed by atoms with Gasteiger partial charge in [-0.25, -0.2) is 13.2 Å². The molecule has 0 aromatic heterocycles. The number of hydrogen-bond donors (Lipinski definition) is 0. The van der Waals surface area contributed by atoms with Gasteiger partial charge in [0.2, 0.25) is 0 Å². The maximum atomic E-state index is 12.5. The Morgan fingerprint density at radius 1 is 1.50 bits per heavy atom. The van der Waals surface area contributed by atoms with Crippen molar-refractivity contribution in [1.29, 1.82) is 0 Å². The summed E-state index contributed by atoms with van der Waals surface area (Å²) in [6, 6.07) is 0. The first-order chi connectivity index (χ1) is 4.42. The molecule has 0 aliphatic rings. The van der Waals surface area contributed by atoms with Crippen LogP contribution in [0.2, 0.25) is 0 Å². The summed E-state index contributed by atoms with van der Waals surface area (Å²) in [5.74, 6) is -4.56. The molecule has 2 atom stereocenters. The molecule has 0 N–H and O–H groups in total. The highest BCUT2D eigenvalue weighted by Gasteiger charge is 2.41. The maximum absolute atomic E-state index is 12.5. The van der Waals surface area contributed by atoms with Crippen LogP contribution in [0.25, 0.3) is 0 Å². The summed E-state index contributed by atoms with van der Waals surface area (Å²) in [6.45, 7) is 7.15. The first-order valence-corrected chi connectivity index (χ1v) is 3.07. The normalized spacial score (nSPS) is 18.6. The zero-order valence-corrected chi connectivity index (χ0v) is 5.91. The Morgan fingerprint density at radius 3 is 2.00 bits per heavy atom. The van der Waals surface area contributed by atoms with Crippen LogP contribution in [0.3, 0.4) is 0 Å². The van der Waals surface area contributed by atoms with Crippen molar-refractivity contribution >= 4 is 0 Å².